The summed E-state index contributed by atoms with van der Waals surface area (Å²) in [6, 6.07) is 5.61. The fourth-order valence-electron chi connectivity index (χ4n) is 1.32. The minimum Gasteiger partial charge on any atom is -0.546 e. The molecular weight excluding hydrogens is 201 g/mol. The zero-order valence-corrected chi connectivity index (χ0v) is 7.64. The molecule has 5 heteroatoms. The van der Waals surface area contributed by atoms with E-state index in [0.717, 1.165) is 0 Å². The number of hydrogen-bond donors (Lipinski definition) is 0. The van der Waals surface area contributed by atoms with Crippen LogP contribution in [0.15, 0.2) is 29.4 Å². The van der Waals surface area contributed by atoms with Crippen LogP contribution in [-0.2, 0) is 9.63 Å². The molecule has 0 fully saturated rings. The maximum absolute atomic E-state index is 12.6. The van der Waals surface area contributed by atoms with Gasteiger partial charge in [0.2, 0.25) is 0 Å². The normalized spacial score (nSPS) is 19.5. The minimum atomic E-state index is -1.30. The van der Waals surface area contributed by atoms with Crippen LogP contribution < -0.4 is 5.11 Å². The Morgan fingerprint density at radius 2 is 2.13 bits per heavy atom. The van der Waals surface area contributed by atoms with Crippen LogP contribution in [-0.4, -0.2) is 17.8 Å². The third-order valence-electron chi connectivity index (χ3n) is 2.11. The molecule has 0 bridgehead atoms. The molecule has 0 unspecified atom stereocenters. The molecular formula is C10H7FNO3-. The first kappa shape index (κ1) is 9.64. The lowest BCUT2D eigenvalue weighted by atomic mass is 10.1. The Bertz CT molecular complexity index is 413. The van der Waals surface area contributed by atoms with Gasteiger partial charge in [0.1, 0.15) is 5.82 Å². The summed E-state index contributed by atoms with van der Waals surface area (Å²) in [5.41, 5.74) is 1.14. The molecule has 0 radical (unpaired) electrons. The fourth-order valence-corrected chi connectivity index (χ4v) is 1.32. The molecule has 0 aromatic heterocycles. The number of aliphatic carboxylic acids is 1. The number of carboxylic acid groups (broad SMARTS) is 1. The molecule has 1 heterocycles. The van der Waals surface area contributed by atoms with Crippen LogP contribution in [0.5, 0.6) is 0 Å². The summed E-state index contributed by atoms with van der Waals surface area (Å²) in [5.74, 6) is -1.65. The van der Waals surface area contributed by atoms with E-state index in [2.05, 4.69) is 9.99 Å². The van der Waals surface area contributed by atoms with E-state index in [1.807, 2.05) is 0 Å². The molecule has 0 aliphatic carbocycles. The zero-order valence-electron chi connectivity index (χ0n) is 7.64. The van der Waals surface area contributed by atoms with Gasteiger partial charge in [-0.1, -0.05) is 17.3 Å². The van der Waals surface area contributed by atoms with Gasteiger partial charge in [-0.3, -0.25) is 0 Å². The van der Waals surface area contributed by atoms with E-state index >= 15 is 0 Å². The fraction of sp³-hybridized carbons (Fsp3) is 0.200. The van der Waals surface area contributed by atoms with Crippen molar-refractivity contribution in [1.29, 1.82) is 0 Å². The molecule has 1 atom stereocenters. The van der Waals surface area contributed by atoms with E-state index in [0.29, 0.717) is 11.3 Å². The van der Waals surface area contributed by atoms with Crippen molar-refractivity contribution in [3.8, 4) is 0 Å². The van der Waals surface area contributed by atoms with Gasteiger partial charge >= 0.3 is 0 Å². The number of hydrogen-bond acceptors (Lipinski definition) is 4. The van der Waals surface area contributed by atoms with Crippen LogP contribution in [0.2, 0.25) is 0 Å². The molecule has 2 rings (SSSR count). The Morgan fingerprint density at radius 3 is 2.67 bits per heavy atom. The highest BCUT2D eigenvalue weighted by atomic mass is 19.1. The molecule has 78 valence electrons. The molecule has 1 aliphatic heterocycles. The maximum atomic E-state index is 12.6. The summed E-state index contributed by atoms with van der Waals surface area (Å²) in [6.45, 7) is 0. The van der Waals surface area contributed by atoms with Crippen LogP contribution in [0.1, 0.15) is 12.0 Å². The Kier molecular flexibility index (Phi) is 2.37. The summed E-state index contributed by atoms with van der Waals surface area (Å²) in [5, 5.41) is 14.1. The van der Waals surface area contributed by atoms with Gasteiger partial charge in [0.05, 0.1) is 11.7 Å². The van der Waals surface area contributed by atoms with Crippen molar-refractivity contribution in [2.45, 2.75) is 12.5 Å². The highest BCUT2D eigenvalue weighted by Gasteiger charge is 2.22. The zero-order chi connectivity index (χ0) is 10.8. The van der Waals surface area contributed by atoms with Crippen LogP contribution in [0.3, 0.4) is 0 Å². The van der Waals surface area contributed by atoms with E-state index in [4.69, 9.17) is 0 Å². The van der Waals surface area contributed by atoms with Crippen LogP contribution in [0.4, 0.5) is 4.39 Å². The van der Waals surface area contributed by atoms with Gasteiger partial charge in [-0.25, -0.2) is 4.39 Å². The van der Waals surface area contributed by atoms with Gasteiger partial charge in [-0.2, -0.15) is 0 Å². The lowest BCUT2D eigenvalue weighted by molar-refractivity contribution is -0.315. The number of carboxylic acids is 1. The summed E-state index contributed by atoms with van der Waals surface area (Å²) in [7, 11) is 0. The molecule has 0 saturated heterocycles. The predicted molar refractivity (Wildman–Crippen MR) is 47.4 cm³/mol. The molecule has 1 aromatic rings. The molecule has 4 nitrogen and oxygen atoms in total. The van der Waals surface area contributed by atoms with Crippen LogP contribution >= 0.6 is 0 Å². The lowest BCUT2D eigenvalue weighted by Gasteiger charge is -2.07. The Morgan fingerprint density at radius 1 is 1.47 bits per heavy atom. The number of rotatable bonds is 2. The first-order chi connectivity index (χ1) is 7.16. The van der Waals surface area contributed by atoms with E-state index in [1.165, 1.54) is 24.3 Å². The topological polar surface area (TPSA) is 61.7 Å². The number of nitrogens with zero attached hydrogens (tertiary/aromatic N) is 1. The van der Waals surface area contributed by atoms with Crippen LogP contribution in [0.25, 0.3) is 0 Å². The minimum absolute atomic E-state index is 0.147. The smallest absolute Gasteiger partial charge is 0.172 e. The van der Waals surface area contributed by atoms with Crippen molar-refractivity contribution in [2.75, 3.05) is 0 Å². The second-order valence-corrected chi connectivity index (χ2v) is 3.16. The quantitative estimate of drug-likeness (QED) is 0.690. The molecule has 0 saturated carbocycles. The average molecular weight is 208 g/mol. The van der Waals surface area contributed by atoms with Gasteiger partial charge in [0, 0.05) is 6.42 Å². The second kappa shape index (κ2) is 3.68. The summed E-state index contributed by atoms with van der Waals surface area (Å²) in [6.07, 6.45) is -0.890. The third-order valence-corrected chi connectivity index (χ3v) is 2.11. The van der Waals surface area contributed by atoms with Gasteiger partial charge < -0.3 is 14.7 Å². The Hall–Kier alpha value is -1.91. The van der Waals surface area contributed by atoms with Crippen molar-refractivity contribution >= 4 is 11.7 Å². The molecule has 0 N–H and O–H groups in total. The molecule has 1 aromatic carbocycles. The van der Waals surface area contributed by atoms with E-state index < -0.39 is 12.1 Å². The maximum Gasteiger partial charge on any atom is 0.172 e. The Balaban J connectivity index is 2.14. The predicted octanol–water partition coefficient (Wildman–Crippen LogP) is 0.0686. The average Bonchev–Trinajstić information content (AvgIpc) is 2.68. The largest absolute Gasteiger partial charge is 0.546 e. The number of carbonyl (C=O) groups excluding carboxylic acids is 1. The third kappa shape index (κ3) is 1.96. The van der Waals surface area contributed by atoms with Crippen molar-refractivity contribution in [1.82, 2.24) is 0 Å². The van der Waals surface area contributed by atoms with Crippen molar-refractivity contribution in [2.24, 2.45) is 5.16 Å². The monoisotopic (exact) mass is 208 g/mol. The number of benzene rings is 1. The first-order valence-electron chi connectivity index (χ1n) is 4.36. The van der Waals surface area contributed by atoms with Crippen molar-refractivity contribution < 1.29 is 19.1 Å². The number of oxime groups is 1. The molecule has 15 heavy (non-hydrogen) atoms. The number of carbonyl (C=O) groups is 1. The van der Waals surface area contributed by atoms with Gasteiger partial charge in [0.25, 0.3) is 0 Å². The highest BCUT2D eigenvalue weighted by molar-refractivity contribution is 6.03. The number of halogens is 1. The summed E-state index contributed by atoms with van der Waals surface area (Å²) < 4.78 is 12.6. The molecule has 0 spiro atoms. The van der Waals surface area contributed by atoms with Gasteiger partial charge in [-0.15, -0.1) is 0 Å². The molecule has 1 aliphatic rings. The van der Waals surface area contributed by atoms with Gasteiger partial charge in [-0.05, 0) is 17.7 Å². The van der Waals surface area contributed by atoms with Crippen molar-refractivity contribution in [3.05, 3.63) is 35.6 Å². The van der Waals surface area contributed by atoms with Gasteiger partial charge in [0.15, 0.2) is 6.10 Å². The standard InChI is InChI=1S/C10H8FNO3/c11-7-3-1-6(2-4-7)8-5-9(10(13)14)15-12-8/h1-4,9H,5H2,(H,13,14)/p-1/t9-/m1/s1. The summed E-state index contributed by atoms with van der Waals surface area (Å²) in [4.78, 5) is 15.1. The second-order valence-electron chi connectivity index (χ2n) is 3.16. The highest BCUT2D eigenvalue weighted by Crippen LogP contribution is 2.16. The van der Waals surface area contributed by atoms with E-state index in [1.54, 1.807) is 0 Å². The Labute approximate surface area is 85.0 Å². The first-order valence-corrected chi connectivity index (χ1v) is 4.36. The van der Waals surface area contributed by atoms with E-state index in [9.17, 15) is 14.3 Å². The molecule has 0 amide bonds. The summed E-state index contributed by atoms with van der Waals surface area (Å²) >= 11 is 0. The van der Waals surface area contributed by atoms with Crippen molar-refractivity contribution in [3.63, 3.8) is 0 Å². The van der Waals surface area contributed by atoms with E-state index in [-0.39, 0.29) is 12.2 Å². The SMILES string of the molecule is O=C([O-])[C@H]1CC(c2ccc(F)cc2)=NO1. The van der Waals surface area contributed by atoms with Crippen LogP contribution in [0, 0.1) is 5.82 Å². The lowest BCUT2D eigenvalue weighted by Crippen LogP contribution is -2.35.